The fraction of sp³-hybridized carbons (Fsp3) is 0.292. The Morgan fingerprint density at radius 1 is 0.944 bits per heavy atom. The maximum absolute atomic E-state index is 14.9. The average Bonchev–Trinajstić information content (AvgIpc) is 2.85. The Morgan fingerprint density at radius 3 is 2.22 bits per heavy atom. The van der Waals surface area contributed by atoms with E-state index in [4.69, 9.17) is 4.74 Å². The topological polar surface area (TPSA) is 109 Å². The third kappa shape index (κ3) is 5.61. The summed E-state index contributed by atoms with van der Waals surface area (Å²) in [4.78, 5) is 5.78. The Bertz CT molecular complexity index is 1410. The van der Waals surface area contributed by atoms with Gasteiger partial charge in [0, 0.05) is 52.3 Å². The highest BCUT2D eigenvalue weighted by Gasteiger charge is 2.27. The zero-order valence-corrected chi connectivity index (χ0v) is 21.5. The quantitative estimate of drug-likeness (QED) is 0.472. The number of sulfonamides is 2. The summed E-state index contributed by atoms with van der Waals surface area (Å²) in [6.07, 6.45) is 2.79. The molecule has 9 nitrogen and oxygen atoms in total. The van der Waals surface area contributed by atoms with Gasteiger partial charge in [-0.25, -0.2) is 30.5 Å². The predicted octanol–water partition coefficient (Wildman–Crippen LogP) is 3.32. The van der Waals surface area contributed by atoms with Crippen molar-refractivity contribution in [1.29, 1.82) is 0 Å². The van der Waals surface area contributed by atoms with E-state index in [1.165, 1.54) is 56.6 Å². The minimum atomic E-state index is -4.11. The van der Waals surface area contributed by atoms with E-state index in [-0.39, 0.29) is 27.3 Å². The SMILES string of the molecule is CN(C)S(=O)(=O)c1ccc(S(=O)(=O)Nc2cccc(F)c2N2CCC(Oc3ccccn3)CC2)cc1. The van der Waals surface area contributed by atoms with Gasteiger partial charge in [0.2, 0.25) is 15.9 Å². The maximum atomic E-state index is 14.9. The molecule has 0 atom stereocenters. The molecule has 1 N–H and O–H groups in total. The standard InChI is InChI=1S/C24H27FN4O5S2/c1-28(2)36(32,33)20-11-9-19(10-12-20)35(30,31)27-22-7-5-6-21(25)24(22)29-16-13-18(14-17-29)34-23-8-3-4-15-26-23/h3-12,15,18,27H,13-14,16-17H2,1-2H3. The van der Waals surface area contributed by atoms with Crippen LogP contribution >= 0.6 is 0 Å². The van der Waals surface area contributed by atoms with Gasteiger partial charge < -0.3 is 9.64 Å². The van der Waals surface area contributed by atoms with E-state index >= 15 is 0 Å². The Hall–Kier alpha value is -3.22. The molecule has 1 fully saturated rings. The maximum Gasteiger partial charge on any atom is 0.261 e. The summed E-state index contributed by atoms with van der Waals surface area (Å²) < 4.78 is 75.0. The van der Waals surface area contributed by atoms with Crippen molar-refractivity contribution < 1.29 is 26.0 Å². The van der Waals surface area contributed by atoms with Crippen LogP contribution in [0.15, 0.2) is 76.7 Å². The number of para-hydroxylation sites is 1. The van der Waals surface area contributed by atoms with E-state index in [2.05, 4.69) is 9.71 Å². The fourth-order valence-corrected chi connectivity index (χ4v) is 5.88. The molecule has 4 rings (SSSR count). The lowest BCUT2D eigenvalue weighted by Gasteiger charge is -2.34. The first-order valence-electron chi connectivity index (χ1n) is 11.2. The van der Waals surface area contributed by atoms with Crippen LogP contribution in [0.4, 0.5) is 15.8 Å². The molecule has 0 radical (unpaired) electrons. The monoisotopic (exact) mass is 534 g/mol. The molecule has 3 aromatic rings. The molecule has 1 aliphatic rings. The molecule has 2 aromatic carbocycles. The highest BCUT2D eigenvalue weighted by molar-refractivity contribution is 7.92. The van der Waals surface area contributed by atoms with Gasteiger partial charge in [-0.2, -0.15) is 0 Å². The number of nitrogens with one attached hydrogen (secondary N) is 1. The molecule has 2 heterocycles. The number of anilines is 2. The van der Waals surface area contributed by atoms with Crippen LogP contribution in [0.2, 0.25) is 0 Å². The Morgan fingerprint density at radius 2 is 1.61 bits per heavy atom. The lowest BCUT2D eigenvalue weighted by molar-refractivity contribution is 0.164. The number of hydrogen-bond acceptors (Lipinski definition) is 7. The summed E-state index contributed by atoms with van der Waals surface area (Å²) in [5.41, 5.74) is 0.258. The second kappa shape index (κ2) is 10.4. The second-order valence-electron chi connectivity index (χ2n) is 8.47. The van der Waals surface area contributed by atoms with Crippen LogP contribution in [0, 0.1) is 5.82 Å². The Labute approximate surface area is 210 Å². The minimum absolute atomic E-state index is 0.0336. The molecule has 0 spiro atoms. The molecule has 0 unspecified atom stereocenters. The van der Waals surface area contributed by atoms with Gasteiger partial charge in [-0.3, -0.25) is 4.72 Å². The van der Waals surface area contributed by atoms with Crippen molar-refractivity contribution in [1.82, 2.24) is 9.29 Å². The molecular weight excluding hydrogens is 507 g/mol. The van der Waals surface area contributed by atoms with Crippen LogP contribution in [0.5, 0.6) is 5.88 Å². The van der Waals surface area contributed by atoms with Crippen molar-refractivity contribution in [2.24, 2.45) is 0 Å². The van der Waals surface area contributed by atoms with Crippen LogP contribution in [0.3, 0.4) is 0 Å². The molecule has 0 saturated carbocycles. The molecule has 0 amide bonds. The summed E-state index contributed by atoms with van der Waals surface area (Å²) in [7, 11) is -5.03. The first-order chi connectivity index (χ1) is 17.1. The number of rotatable bonds is 8. The van der Waals surface area contributed by atoms with E-state index in [0.717, 1.165) is 4.31 Å². The lowest BCUT2D eigenvalue weighted by atomic mass is 10.1. The van der Waals surface area contributed by atoms with Crippen LogP contribution in [-0.4, -0.2) is 59.4 Å². The summed E-state index contributed by atoms with van der Waals surface area (Å²) in [6.45, 7) is 0.925. The number of hydrogen-bond donors (Lipinski definition) is 1. The van der Waals surface area contributed by atoms with E-state index < -0.39 is 25.9 Å². The molecule has 1 aliphatic heterocycles. The molecule has 0 aliphatic carbocycles. The van der Waals surface area contributed by atoms with Crippen LogP contribution in [0.1, 0.15) is 12.8 Å². The average molecular weight is 535 g/mol. The summed E-state index contributed by atoms with van der Waals surface area (Å²) in [5, 5.41) is 0. The normalized spacial score (nSPS) is 15.2. The van der Waals surface area contributed by atoms with Crippen LogP contribution in [0.25, 0.3) is 0 Å². The molecule has 1 saturated heterocycles. The molecule has 1 aromatic heterocycles. The molecule has 12 heteroatoms. The third-order valence-corrected chi connectivity index (χ3v) is 9.04. The summed E-state index contributed by atoms with van der Waals surface area (Å²) in [6, 6.07) is 14.5. The van der Waals surface area contributed by atoms with Crippen LogP contribution < -0.4 is 14.4 Å². The number of aromatic nitrogens is 1. The van der Waals surface area contributed by atoms with Crippen molar-refractivity contribution in [3.63, 3.8) is 0 Å². The van der Waals surface area contributed by atoms with Crippen molar-refractivity contribution >= 4 is 31.4 Å². The van der Waals surface area contributed by atoms with Gasteiger partial charge in [0.15, 0.2) is 0 Å². The Kier molecular flexibility index (Phi) is 7.48. The second-order valence-corrected chi connectivity index (χ2v) is 12.3. The van der Waals surface area contributed by atoms with Gasteiger partial charge >= 0.3 is 0 Å². The van der Waals surface area contributed by atoms with Crippen LogP contribution in [-0.2, 0) is 20.0 Å². The fourth-order valence-electron chi connectivity index (χ4n) is 3.91. The van der Waals surface area contributed by atoms with Gasteiger partial charge in [-0.1, -0.05) is 12.1 Å². The van der Waals surface area contributed by atoms with Gasteiger partial charge in [0.1, 0.15) is 11.9 Å². The van der Waals surface area contributed by atoms with Gasteiger partial charge in [-0.15, -0.1) is 0 Å². The van der Waals surface area contributed by atoms with Crippen molar-refractivity contribution in [3.05, 3.63) is 72.7 Å². The van der Waals surface area contributed by atoms with Gasteiger partial charge in [-0.05, 0) is 42.5 Å². The van der Waals surface area contributed by atoms with E-state index in [1.807, 2.05) is 6.07 Å². The zero-order valence-electron chi connectivity index (χ0n) is 19.8. The summed E-state index contributed by atoms with van der Waals surface area (Å²) >= 11 is 0. The number of ether oxygens (including phenoxy) is 1. The first-order valence-corrected chi connectivity index (χ1v) is 14.2. The number of halogens is 1. The smallest absolute Gasteiger partial charge is 0.261 e. The largest absolute Gasteiger partial charge is 0.474 e. The molecule has 0 bridgehead atoms. The van der Waals surface area contributed by atoms with Crippen molar-refractivity contribution in [2.45, 2.75) is 28.7 Å². The van der Waals surface area contributed by atoms with Crippen molar-refractivity contribution in [3.8, 4) is 5.88 Å². The van der Waals surface area contributed by atoms with Crippen molar-refractivity contribution in [2.75, 3.05) is 36.8 Å². The number of piperidine rings is 1. The van der Waals surface area contributed by atoms with Gasteiger partial charge in [0.05, 0.1) is 21.2 Å². The van der Waals surface area contributed by atoms with E-state index in [0.29, 0.717) is 31.8 Å². The zero-order chi connectivity index (χ0) is 25.9. The molecule has 192 valence electrons. The minimum Gasteiger partial charge on any atom is -0.474 e. The third-order valence-electron chi connectivity index (χ3n) is 5.83. The number of pyridine rings is 1. The predicted molar refractivity (Wildman–Crippen MR) is 135 cm³/mol. The Balaban J connectivity index is 1.51. The highest BCUT2D eigenvalue weighted by Crippen LogP contribution is 2.33. The highest BCUT2D eigenvalue weighted by atomic mass is 32.2. The number of benzene rings is 2. The summed E-state index contributed by atoms with van der Waals surface area (Å²) in [5.74, 6) is -0.0218. The van der Waals surface area contributed by atoms with E-state index in [9.17, 15) is 21.2 Å². The van der Waals surface area contributed by atoms with Gasteiger partial charge in [0.25, 0.3) is 10.0 Å². The molecule has 36 heavy (non-hydrogen) atoms. The number of nitrogens with zero attached hydrogens (tertiary/aromatic N) is 3. The molecular formula is C24H27FN4O5S2. The first kappa shape index (κ1) is 25.9. The lowest BCUT2D eigenvalue weighted by Crippen LogP contribution is -2.39. The van der Waals surface area contributed by atoms with E-state index in [1.54, 1.807) is 23.2 Å².